The molecule has 0 aliphatic carbocycles. The molecule has 1 unspecified atom stereocenters. The summed E-state index contributed by atoms with van der Waals surface area (Å²) in [5, 5.41) is 0. The predicted octanol–water partition coefficient (Wildman–Crippen LogP) is 2.25. The second-order valence-electron chi connectivity index (χ2n) is 5.63. The Hall–Kier alpha value is -2.69. The third-order valence-corrected chi connectivity index (χ3v) is 4.20. The average molecular weight is 292 g/mol. The van der Waals surface area contributed by atoms with Gasteiger partial charge in [0.2, 0.25) is 11.7 Å². The first-order chi connectivity index (χ1) is 10.8. The van der Waals surface area contributed by atoms with Crippen LogP contribution in [0.4, 0.5) is 0 Å². The molecule has 1 aliphatic heterocycles. The zero-order valence-corrected chi connectivity index (χ0v) is 12.1. The first-order valence-electron chi connectivity index (χ1n) is 7.41. The molecule has 1 atom stereocenters. The largest absolute Gasteiger partial charge is 0.336 e. The molecule has 4 rings (SSSR count). The van der Waals surface area contributed by atoms with E-state index in [4.69, 9.17) is 0 Å². The summed E-state index contributed by atoms with van der Waals surface area (Å²) in [5.41, 5.74) is 2.23. The van der Waals surface area contributed by atoms with E-state index in [1.54, 1.807) is 12.4 Å². The van der Waals surface area contributed by atoms with Gasteiger partial charge in [0.25, 0.3) is 0 Å². The van der Waals surface area contributed by atoms with Gasteiger partial charge in [0.05, 0.1) is 18.4 Å². The number of aromatic nitrogens is 3. The SMILES string of the molecule is O=C1CC(c2ccccc2)CN1Cc1cnc2ncccn12. The Bertz CT molecular complexity index is 812. The molecule has 0 spiro atoms. The summed E-state index contributed by atoms with van der Waals surface area (Å²) in [4.78, 5) is 22.7. The monoisotopic (exact) mass is 292 g/mol. The van der Waals surface area contributed by atoms with Gasteiger partial charge in [-0.3, -0.25) is 9.20 Å². The van der Waals surface area contributed by atoms with Crippen LogP contribution in [0.5, 0.6) is 0 Å². The van der Waals surface area contributed by atoms with Crippen molar-refractivity contribution in [2.45, 2.75) is 18.9 Å². The van der Waals surface area contributed by atoms with Gasteiger partial charge in [0.1, 0.15) is 0 Å². The van der Waals surface area contributed by atoms with Gasteiger partial charge in [-0.1, -0.05) is 30.3 Å². The van der Waals surface area contributed by atoms with Crippen molar-refractivity contribution in [1.82, 2.24) is 19.3 Å². The van der Waals surface area contributed by atoms with E-state index in [1.807, 2.05) is 39.8 Å². The standard InChI is InChI=1S/C17H16N4O/c22-16-9-14(13-5-2-1-3-6-13)11-20(16)12-15-10-19-17-18-7-4-8-21(15)17/h1-8,10,14H,9,11-12H2. The number of imidazole rings is 1. The number of carbonyl (C=O) groups excluding carboxylic acids is 1. The number of fused-ring (bicyclic) bond motifs is 1. The van der Waals surface area contributed by atoms with Crippen molar-refractivity contribution in [3.63, 3.8) is 0 Å². The minimum absolute atomic E-state index is 0.202. The van der Waals surface area contributed by atoms with Gasteiger partial charge in [-0.25, -0.2) is 9.97 Å². The molecule has 1 aromatic carbocycles. The van der Waals surface area contributed by atoms with Gasteiger partial charge >= 0.3 is 0 Å². The number of hydrogen-bond donors (Lipinski definition) is 0. The van der Waals surface area contributed by atoms with Crippen LogP contribution in [0, 0.1) is 0 Å². The first kappa shape index (κ1) is 13.0. The molecule has 1 aliphatic rings. The van der Waals surface area contributed by atoms with Crippen LogP contribution in [0.15, 0.2) is 55.0 Å². The number of carbonyl (C=O) groups is 1. The lowest BCUT2D eigenvalue weighted by Gasteiger charge is -2.16. The molecule has 0 saturated carbocycles. The zero-order valence-electron chi connectivity index (χ0n) is 12.1. The molecule has 1 fully saturated rings. The van der Waals surface area contributed by atoms with Gasteiger partial charge in [0.15, 0.2) is 0 Å². The van der Waals surface area contributed by atoms with E-state index < -0.39 is 0 Å². The van der Waals surface area contributed by atoms with Crippen molar-refractivity contribution in [3.05, 3.63) is 66.2 Å². The van der Waals surface area contributed by atoms with Crippen LogP contribution in [-0.4, -0.2) is 31.7 Å². The Balaban J connectivity index is 1.55. The quantitative estimate of drug-likeness (QED) is 0.744. The Kier molecular flexibility index (Phi) is 3.11. The van der Waals surface area contributed by atoms with Crippen molar-refractivity contribution in [2.75, 3.05) is 6.54 Å². The molecule has 0 radical (unpaired) electrons. The van der Waals surface area contributed by atoms with Gasteiger partial charge < -0.3 is 4.90 Å². The van der Waals surface area contributed by atoms with Crippen LogP contribution in [0.3, 0.4) is 0 Å². The molecule has 0 N–H and O–H groups in total. The smallest absolute Gasteiger partial charge is 0.233 e. The van der Waals surface area contributed by atoms with Crippen molar-refractivity contribution < 1.29 is 4.79 Å². The van der Waals surface area contributed by atoms with Gasteiger partial charge in [-0.15, -0.1) is 0 Å². The number of benzene rings is 1. The molecule has 3 heterocycles. The summed E-state index contributed by atoms with van der Waals surface area (Å²) in [6.45, 7) is 1.34. The van der Waals surface area contributed by atoms with Gasteiger partial charge in [-0.05, 0) is 11.6 Å². The lowest BCUT2D eigenvalue weighted by atomic mass is 9.99. The Morgan fingerprint density at radius 3 is 2.86 bits per heavy atom. The molecule has 2 aromatic heterocycles. The van der Waals surface area contributed by atoms with E-state index in [9.17, 15) is 4.79 Å². The number of nitrogens with zero attached hydrogens (tertiary/aromatic N) is 4. The third-order valence-electron chi connectivity index (χ3n) is 4.20. The fourth-order valence-corrected chi connectivity index (χ4v) is 3.06. The molecule has 1 amide bonds. The Morgan fingerprint density at radius 2 is 2.00 bits per heavy atom. The minimum Gasteiger partial charge on any atom is -0.336 e. The van der Waals surface area contributed by atoms with Crippen LogP contribution in [0.25, 0.3) is 5.78 Å². The zero-order chi connectivity index (χ0) is 14.9. The maximum atomic E-state index is 12.3. The second-order valence-corrected chi connectivity index (χ2v) is 5.63. The molecule has 3 aromatic rings. The third kappa shape index (κ3) is 2.24. The van der Waals surface area contributed by atoms with Crippen molar-refractivity contribution >= 4 is 11.7 Å². The number of likely N-dealkylation sites (tertiary alicyclic amines) is 1. The molecule has 1 saturated heterocycles. The van der Waals surface area contributed by atoms with Crippen molar-refractivity contribution in [1.29, 1.82) is 0 Å². The highest BCUT2D eigenvalue weighted by molar-refractivity contribution is 5.79. The van der Waals surface area contributed by atoms with Crippen molar-refractivity contribution in [2.24, 2.45) is 0 Å². The number of amides is 1. The summed E-state index contributed by atoms with van der Waals surface area (Å²) >= 11 is 0. The summed E-state index contributed by atoms with van der Waals surface area (Å²) in [6, 6.07) is 12.1. The van der Waals surface area contributed by atoms with E-state index in [-0.39, 0.29) is 11.8 Å². The maximum absolute atomic E-state index is 12.3. The second kappa shape index (κ2) is 5.26. The molecule has 22 heavy (non-hydrogen) atoms. The lowest BCUT2D eigenvalue weighted by molar-refractivity contribution is -0.128. The summed E-state index contributed by atoms with van der Waals surface area (Å²) in [7, 11) is 0. The molecule has 110 valence electrons. The van der Waals surface area contributed by atoms with Gasteiger partial charge in [0, 0.05) is 31.3 Å². The fourth-order valence-electron chi connectivity index (χ4n) is 3.06. The van der Waals surface area contributed by atoms with Crippen LogP contribution >= 0.6 is 0 Å². The lowest BCUT2D eigenvalue weighted by Crippen LogP contribution is -2.25. The number of hydrogen-bond acceptors (Lipinski definition) is 3. The minimum atomic E-state index is 0.202. The highest BCUT2D eigenvalue weighted by Crippen LogP contribution is 2.28. The molecule has 5 heteroatoms. The number of rotatable bonds is 3. The van der Waals surface area contributed by atoms with E-state index in [0.29, 0.717) is 18.7 Å². The summed E-state index contributed by atoms with van der Waals surface area (Å²) in [5.74, 6) is 1.16. The van der Waals surface area contributed by atoms with E-state index in [1.165, 1.54) is 5.56 Å². The Morgan fingerprint density at radius 1 is 1.14 bits per heavy atom. The van der Waals surface area contributed by atoms with Crippen molar-refractivity contribution in [3.8, 4) is 0 Å². The summed E-state index contributed by atoms with van der Waals surface area (Å²) < 4.78 is 1.93. The van der Waals surface area contributed by atoms with Crippen LogP contribution < -0.4 is 0 Å². The van der Waals surface area contributed by atoms with Gasteiger partial charge in [-0.2, -0.15) is 0 Å². The highest BCUT2D eigenvalue weighted by atomic mass is 16.2. The normalized spacial score (nSPS) is 18.3. The summed E-state index contributed by atoms with van der Waals surface area (Å²) in [6.07, 6.45) is 6.03. The van der Waals surface area contributed by atoms with Crippen LogP contribution in [-0.2, 0) is 11.3 Å². The maximum Gasteiger partial charge on any atom is 0.233 e. The fraction of sp³-hybridized carbons (Fsp3) is 0.235. The topological polar surface area (TPSA) is 50.5 Å². The van der Waals surface area contributed by atoms with Crippen LogP contribution in [0.2, 0.25) is 0 Å². The average Bonchev–Trinajstić information content (AvgIpc) is 3.13. The first-order valence-corrected chi connectivity index (χ1v) is 7.41. The molecular weight excluding hydrogens is 276 g/mol. The molecular formula is C17H16N4O. The highest BCUT2D eigenvalue weighted by Gasteiger charge is 2.30. The van der Waals surface area contributed by atoms with E-state index in [2.05, 4.69) is 22.1 Å². The van der Waals surface area contributed by atoms with E-state index in [0.717, 1.165) is 12.2 Å². The molecule has 5 nitrogen and oxygen atoms in total. The Labute approximate surface area is 128 Å². The predicted molar refractivity (Wildman–Crippen MR) is 82.2 cm³/mol. The molecule has 0 bridgehead atoms. The van der Waals surface area contributed by atoms with E-state index >= 15 is 0 Å². The van der Waals surface area contributed by atoms with Crippen LogP contribution in [0.1, 0.15) is 23.6 Å².